The Kier molecular flexibility index (Phi) is 8.26. The number of benzene rings is 2. The molecule has 12 heteroatoms. The number of carbonyl (C=O) groups is 3. The second kappa shape index (κ2) is 11.8. The van der Waals surface area contributed by atoms with E-state index in [9.17, 15) is 18.8 Å². The van der Waals surface area contributed by atoms with Crippen molar-refractivity contribution in [2.24, 2.45) is 0 Å². The van der Waals surface area contributed by atoms with E-state index in [1.165, 1.54) is 40.5 Å². The molecule has 2 saturated heterocycles. The standard InChI is InChI=1S/C27H25BrFN3O6S/c28-18-11-22(39-15-18)13-30-26(35)23-12-27(36-9-10-37-27)16-32(23)24(33)14-31-25(34)17-1-5-20(6-2-17)38-21-7-3-19(29)4-8-21/h1-8,11,15,23H,9-10,12-14,16H2,(H,30,35)(H,31,34)/t23-/m0/s1. The average molecular weight is 618 g/mol. The maximum atomic E-state index is 13.2. The predicted octanol–water partition coefficient (Wildman–Crippen LogP) is 3.83. The van der Waals surface area contributed by atoms with Crippen molar-refractivity contribution in [2.75, 3.05) is 26.3 Å². The fourth-order valence-electron chi connectivity index (χ4n) is 4.45. The number of ether oxygens (including phenoxy) is 3. The molecule has 2 fully saturated rings. The second-order valence-corrected chi connectivity index (χ2v) is 11.0. The molecule has 1 atom stereocenters. The van der Waals surface area contributed by atoms with E-state index >= 15 is 0 Å². The molecule has 9 nitrogen and oxygen atoms in total. The van der Waals surface area contributed by atoms with E-state index in [0.717, 1.165) is 9.35 Å². The number of nitrogens with zero attached hydrogens (tertiary/aromatic N) is 1. The van der Waals surface area contributed by atoms with Crippen molar-refractivity contribution >= 4 is 45.0 Å². The highest BCUT2D eigenvalue weighted by molar-refractivity contribution is 9.10. The van der Waals surface area contributed by atoms with Crippen molar-refractivity contribution in [1.82, 2.24) is 15.5 Å². The molecule has 0 saturated carbocycles. The van der Waals surface area contributed by atoms with Gasteiger partial charge < -0.3 is 29.7 Å². The molecule has 0 radical (unpaired) electrons. The first-order valence-electron chi connectivity index (χ1n) is 12.2. The van der Waals surface area contributed by atoms with Crippen LogP contribution in [-0.4, -0.2) is 60.8 Å². The fourth-order valence-corrected chi connectivity index (χ4v) is 5.84. The molecule has 5 rings (SSSR count). The molecule has 2 aliphatic heterocycles. The van der Waals surface area contributed by atoms with E-state index < -0.39 is 23.6 Å². The predicted molar refractivity (Wildman–Crippen MR) is 144 cm³/mol. The van der Waals surface area contributed by atoms with Gasteiger partial charge in [-0.3, -0.25) is 14.4 Å². The van der Waals surface area contributed by atoms with Gasteiger partial charge in [-0.05, 0) is 70.5 Å². The van der Waals surface area contributed by atoms with Gasteiger partial charge in [-0.2, -0.15) is 0 Å². The van der Waals surface area contributed by atoms with E-state index in [-0.39, 0.29) is 31.2 Å². The van der Waals surface area contributed by atoms with Crippen LogP contribution >= 0.6 is 27.3 Å². The number of carbonyl (C=O) groups excluding carboxylic acids is 3. The monoisotopic (exact) mass is 617 g/mol. The number of amides is 3. The summed E-state index contributed by atoms with van der Waals surface area (Å²) >= 11 is 4.91. The van der Waals surface area contributed by atoms with Crippen molar-refractivity contribution in [2.45, 2.75) is 24.8 Å². The van der Waals surface area contributed by atoms with Crippen LogP contribution in [0.5, 0.6) is 11.5 Å². The van der Waals surface area contributed by atoms with Crippen LogP contribution < -0.4 is 15.4 Å². The maximum absolute atomic E-state index is 13.2. The highest BCUT2D eigenvalue weighted by atomic mass is 79.9. The largest absolute Gasteiger partial charge is 0.457 e. The summed E-state index contributed by atoms with van der Waals surface area (Å²) in [5.41, 5.74) is 0.325. The fraction of sp³-hybridized carbons (Fsp3) is 0.296. The number of rotatable bonds is 8. The highest BCUT2D eigenvalue weighted by Crippen LogP contribution is 2.35. The van der Waals surface area contributed by atoms with Gasteiger partial charge in [-0.25, -0.2) is 4.39 Å². The third-order valence-electron chi connectivity index (χ3n) is 6.35. The molecular weight excluding hydrogens is 593 g/mol. The Morgan fingerprint density at radius 3 is 2.36 bits per heavy atom. The third-order valence-corrected chi connectivity index (χ3v) is 8.05. The summed E-state index contributed by atoms with van der Waals surface area (Å²) in [7, 11) is 0. The van der Waals surface area contributed by atoms with Crippen LogP contribution in [0.4, 0.5) is 4.39 Å². The molecule has 0 bridgehead atoms. The van der Waals surface area contributed by atoms with Gasteiger partial charge >= 0.3 is 0 Å². The number of thiophene rings is 1. The Morgan fingerprint density at radius 2 is 1.72 bits per heavy atom. The molecule has 0 unspecified atom stereocenters. The van der Waals surface area contributed by atoms with Gasteiger partial charge in [-0.1, -0.05) is 0 Å². The third kappa shape index (κ3) is 6.64. The van der Waals surface area contributed by atoms with E-state index in [4.69, 9.17) is 14.2 Å². The molecule has 1 spiro atoms. The molecule has 39 heavy (non-hydrogen) atoms. The Hall–Kier alpha value is -3.32. The van der Waals surface area contributed by atoms with Gasteiger partial charge in [0.25, 0.3) is 5.91 Å². The first-order valence-corrected chi connectivity index (χ1v) is 13.9. The van der Waals surface area contributed by atoms with E-state index in [2.05, 4.69) is 26.6 Å². The Bertz CT molecular complexity index is 1340. The zero-order chi connectivity index (χ0) is 27.4. The van der Waals surface area contributed by atoms with Gasteiger partial charge in [0.2, 0.25) is 11.8 Å². The van der Waals surface area contributed by atoms with Crippen molar-refractivity contribution in [1.29, 1.82) is 0 Å². The smallest absolute Gasteiger partial charge is 0.251 e. The Balaban J connectivity index is 1.18. The van der Waals surface area contributed by atoms with Crippen molar-refractivity contribution in [3.63, 3.8) is 0 Å². The normalized spacial score (nSPS) is 17.8. The van der Waals surface area contributed by atoms with Crippen LogP contribution in [0.25, 0.3) is 0 Å². The molecule has 2 N–H and O–H groups in total. The minimum absolute atomic E-state index is 0.0970. The van der Waals surface area contributed by atoms with E-state index in [1.807, 2.05) is 11.4 Å². The lowest BCUT2D eigenvalue weighted by molar-refractivity contribution is -0.152. The molecule has 0 aliphatic carbocycles. The van der Waals surface area contributed by atoms with Gasteiger partial charge in [0.1, 0.15) is 23.4 Å². The zero-order valence-corrected chi connectivity index (χ0v) is 23.1. The van der Waals surface area contributed by atoms with Crippen molar-refractivity contribution in [3.05, 3.63) is 80.7 Å². The van der Waals surface area contributed by atoms with Gasteiger partial charge in [0, 0.05) is 26.7 Å². The van der Waals surface area contributed by atoms with Crippen LogP contribution in [0.15, 0.2) is 64.5 Å². The topological polar surface area (TPSA) is 106 Å². The quantitative estimate of drug-likeness (QED) is 0.398. The lowest BCUT2D eigenvalue weighted by atomic mass is 10.1. The van der Waals surface area contributed by atoms with Crippen LogP contribution in [-0.2, 0) is 25.6 Å². The van der Waals surface area contributed by atoms with Crippen LogP contribution in [0.2, 0.25) is 0 Å². The van der Waals surface area contributed by atoms with Crippen LogP contribution in [0.1, 0.15) is 21.7 Å². The number of halogens is 2. The first kappa shape index (κ1) is 27.3. The summed E-state index contributed by atoms with van der Waals surface area (Å²) < 4.78 is 31.2. The maximum Gasteiger partial charge on any atom is 0.251 e. The molecule has 1 aromatic heterocycles. The van der Waals surface area contributed by atoms with Crippen LogP contribution in [0, 0.1) is 5.82 Å². The van der Waals surface area contributed by atoms with E-state index in [1.54, 1.807) is 24.3 Å². The SMILES string of the molecule is O=C(NCC(=O)N1CC2(C[C@H]1C(=O)NCc1cc(Br)cs1)OCCO2)c1ccc(Oc2ccc(F)cc2)cc1. The summed E-state index contributed by atoms with van der Waals surface area (Å²) in [5, 5.41) is 7.44. The summed E-state index contributed by atoms with van der Waals surface area (Å²) in [4.78, 5) is 41.3. The summed E-state index contributed by atoms with van der Waals surface area (Å²) in [6.07, 6.45) is 0.210. The highest BCUT2D eigenvalue weighted by Gasteiger charge is 2.52. The number of likely N-dealkylation sites (tertiary alicyclic amines) is 1. The lowest BCUT2D eigenvalue weighted by Gasteiger charge is -2.24. The molecule has 3 amide bonds. The number of nitrogens with one attached hydrogen (secondary N) is 2. The summed E-state index contributed by atoms with van der Waals surface area (Å²) in [5.74, 6) is -1.65. The average Bonchev–Trinajstić information content (AvgIpc) is 3.68. The minimum Gasteiger partial charge on any atom is -0.457 e. The lowest BCUT2D eigenvalue weighted by Crippen LogP contribution is -2.49. The number of hydrogen-bond donors (Lipinski definition) is 2. The van der Waals surface area contributed by atoms with Crippen molar-refractivity contribution in [3.8, 4) is 11.5 Å². The Morgan fingerprint density at radius 1 is 1.05 bits per heavy atom. The second-order valence-electron chi connectivity index (χ2n) is 9.06. The molecule has 2 aromatic carbocycles. The molecule has 204 valence electrons. The van der Waals surface area contributed by atoms with Gasteiger partial charge in [0.15, 0.2) is 5.79 Å². The van der Waals surface area contributed by atoms with E-state index in [0.29, 0.717) is 36.8 Å². The number of hydrogen-bond acceptors (Lipinski definition) is 7. The molecule has 3 heterocycles. The molecule has 2 aliphatic rings. The zero-order valence-electron chi connectivity index (χ0n) is 20.7. The van der Waals surface area contributed by atoms with Gasteiger partial charge in [0.05, 0.1) is 32.8 Å². The molecular formula is C27H25BrFN3O6S. The first-order chi connectivity index (χ1) is 18.8. The van der Waals surface area contributed by atoms with Gasteiger partial charge in [-0.15, -0.1) is 11.3 Å². The molecule has 3 aromatic rings. The van der Waals surface area contributed by atoms with Crippen molar-refractivity contribution < 1.29 is 33.0 Å². The minimum atomic E-state index is -1.02. The summed E-state index contributed by atoms with van der Waals surface area (Å²) in [6, 6.07) is 13.0. The Labute approximate surface area is 236 Å². The van der Waals surface area contributed by atoms with Crippen LogP contribution in [0.3, 0.4) is 0 Å². The summed E-state index contributed by atoms with van der Waals surface area (Å²) in [6.45, 7) is 0.901.